The molecule has 2 N–H and O–H groups in total. The molecule has 0 heterocycles. The number of carbonyl (C=O) groups is 2. The summed E-state index contributed by atoms with van der Waals surface area (Å²) >= 11 is 0. The van der Waals surface area contributed by atoms with Gasteiger partial charge in [-0.05, 0) is 56.9 Å². The Hall–Kier alpha value is -1.84. The molecule has 0 aliphatic heterocycles. The summed E-state index contributed by atoms with van der Waals surface area (Å²) in [5, 5.41) is 5.84. The molecule has 1 aliphatic carbocycles. The summed E-state index contributed by atoms with van der Waals surface area (Å²) < 4.78 is 0. The van der Waals surface area contributed by atoms with Gasteiger partial charge in [-0.1, -0.05) is 19.3 Å². The number of Topliss-reactive ketones (excluding diaryl/α,β-unsaturated/α-hetero) is 1. The normalized spacial score (nSPS) is 17.0. The maximum Gasteiger partial charge on any atom is 0.319 e. The van der Waals surface area contributed by atoms with Crippen molar-refractivity contribution >= 4 is 17.5 Å². The monoisotopic (exact) mass is 288 g/mol. The van der Waals surface area contributed by atoms with Crippen LogP contribution in [-0.2, 0) is 0 Å². The lowest BCUT2D eigenvalue weighted by Gasteiger charge is -2.28. The molecule has 2 amide bonds. The third-order valence-electron chi connectivity index (χ3n) is 4.26. The molecule has 0 bridgehead atoms. The van der Waals surface area contributed by atoms with Gasteiger partial charge in [-0.15, -0.1) is 0 Å². The van der Waals surface area contributed by atoms with E-state index < -0.39 is 0 Å². The first-order valence-electron chi connectivity index (χ1n) is 7.75. The van der Waals surface area contributed by atoms with Crippen LogP contribution in [0.2, 0.25) is 0 Å². The fourth-order valence-corrected chi connectivity index (χ4v) is 2.91. The molecule has 114 valence electrons. The maximum absolute atomic E-state index is 12.0. The summed E-state index contributed by atoms with van der Waals surface area (Å²) in [4.78, 5) is 23.2. The third-order valence-corrected chi connectivity index (χ3v) is 4.26. The SMILES string of the molecule is CC(=O)c1ccc(NC(=O)NC(C)C2CCCCC2)cc1. The van der Waals surface area contributed by atoms with E-state index in [2.05, 4.69) is 17.6 Å². The molecular weight excluding hydrogens is 264 g/mol. The Kier molecular flexibility index (Phi) is 5.37. The molecule has 0 saturated heterocycles. The number of carbonyl (C=O) groups excluding carboxylic acids is 2. The van der Waals surface area contributed by atoms with Crippen molar-refractivity contribution in [3.63, 3.8) is 0 Å². The summed E-state index contributed by atoms with van der Waals surface area (Å²) in [5.74, 6) is 0.613. The van der Waals surface area contributed by atoms with E-state index in [0.717, 1.165) is 0 Å². The number of urea groups is 1. The Balaban J connectivity index is 1.84. The first-order valence-corrected chi connectivity index (χ1v) is 7.75. The molecule has 2 rings (SSSR count). The lowest BCUT2D eigenvalue weighted by Crippen LogP contribution is -2.41. The van der Waals surface area contributed by atoms with Gasteiger partial charge in [-0.2, -0.15) is 0 Å². The first-order chi connectivity index (χ1) is 10.1. The lowest BCUT2D eigenvalue weighted by molar-refractivity contribution is 0.101. The number of anilines is 1. The van der Waals surface area contributed by atoms with Crippen LogP contribution in [0.1, 0.15) is 56.3 Å². The van der Waals surface area contributed by atoms with E-state index in [4.69, 9.17) is 0 Å². The highest BCUT2D eigenvalue weighted by Crippen LogP contribution is 2.26. The molecule has 4 nitrogen and oxygen atoms in total. The van der Waals surface area contributed by atoms with E-state index in [0.29, 0.717) is 17.2 Å². The van der Waals surface area contributed by atoms with Gasteiger partial charge in [0.1, 0.15) is 0 Å². The fraction of sp³-hybridized carbons (Fsp3) is 0.529. The highest BCUT2D eigenvalue weighted by Gasteiger charge is 2.21. The average molecular weight is 288 g/mol. The van der Waals surface area contributed by atoms with Gasteiger partial charge in [0.2, 0.25) is 0 Å². The molecule has 21 heavy (non-hydrogen) atoms. The van der Waals surface area contributed by atoms with Gasteiger partial charge in [0.05, 0.1) is 0 Å². The van der Waals surface area contributed by atoms with Crippen molar-refractivity contribution in [1.82, 2.24) is 5.32 Å². The summed E-state index contributed by atoms with van der Waals surface area (Å²) in [6.07, 6.45) is 6.26. The van der Waals surface area contributed by atoms with Gasteiger partial charge in [0.15, 0.2) is 5.78 Å². The minimum Gasteiger partial charge on any atom is -0.335 e. The molecule has 1 unspecified atom stereocenters. The molecular formula is C17H24N2O2. The standard InChI is InChI=1S/C17H24N2O2/c1-12(14-6-4-3-5-7-14)18-17(21)19-16-10-8-15(9-11-16)13(2)20/h8-12,14H,3-7H2,1-2H3,(H2,18,19,21). The molecule has 4 heteroatoms. The van der Waals surface area contributed by atoms with E-state index in [9.17, 15) is 9.59 Å². The smallest absolute Gasteiger partial charge is 0.319 e. The zero-order chi connectivity index (χ0) is 15.2. The van der Waals surface area contributed by atoms with Crippen molar-refractivity contribution in [2.24, 2.45) is 5.92 Å². The number of amides is 2. The van der Waals surface area contributed by atoms with E-state index in [1.54, 1.807) is 24.3 Å². The van der Waals surface area contributed by atoms with Crippen molar-refractivity contribution in [3.8, 4) is 0 Å². The number of nitrogens with one attached hydrogen (secondary N) is 2. The molecule has 0 radical (unpaired) electrons. The minimum absolute atomic E-state index is 0.0249. The predicted octanol–water partition coefficient (Wildman–Crippen LogP) is 3.98. The highest BCUT2D eigenvalue weighted by molar-refractivity contribution is 5.95. The van der Waals surface area contributed by atoms with E-state index in [1.165, 1.54) is 39.0 Å². The Labute approximate surface area is 126 Å². The van der Waals surface area contributed by atoms with Gasteiger partial charge < -0.3 is 10.6 Å². The van der Waals surface area contributed by atoms with Crippen LogP contribution in [0.3, 0.4) is 0 Å². The topological polar surface area (TPSA) is 58.2 Å². The van der Waals surface area contributed by atoms with Crippen LogP contribution in [-0.4, -0.2) is 17.9 Å². The molecule has 1 aromatic carbocycles. The van der Waals surface area contributed by atoms with E-state index in [-0.39, 0.29) is 17.9 Å². The van der Waals surface area contributed by atoms with Crippen LogP contribution in [0, 0.1) is 5.92 Å². The second kappa shape index (κ2) is 7.25. The fourth-order valence-electron chi connectivity index (χ4n) is 2.91. The number of ketones is 1. The predicted molar refractivity (Wildman–Crippen MR) is 84.6 cm³/mol. The highest BCUT2D eigenvalue weighted by atomic mass is 16.2. The van der Waals surface area contributed by atoms with Crippen molar-refractivity contribution in [2.45, 2.75) is 52.0 Å². The van der Waals surface area contributed by atoms with Gasteiger partial charge in [0, 0.05) is 17.3 Å². The molecule has 1 aliphatic rings. The van der Waals surface area contributed by atoms with Crippen LogP contribution in [0.4, 0.5) is 10.5 Å². The van der Waals surface area contributed by atoms with E-state index in [1.807, 2.05) is 0 Å². The zero-order valence-corrected chi connectivity index (χ0v) is 12.8. The maximum atomic E-state index is 12.0. The number of rotatable bonds is 4. The third kappa shape index (κ3) is 4.59. The number of benzene rings is 1. The number of hydrogen-bond donors (Lipinski definition) is 2. The largest absolute Gasteiger partial charge is 0.335 e. The molecule has 0 aromatic heterocycles. The Morgan fingerprint density at radius 2 is 1.71 bits per heavy atom. The second-order valence-electron chi connectivity index (χ2n) is 5.92. The molecule has 1 saturated carbocycles. The summed E-state index contributed by atoms with van der Waals surface area (Å²) in [6.45, 7) is 3.61. The number of hydrogen-bond acceptors (Lipinski definition) is 2. The Bertz CT molecular complexity index is 490. The molecule has 1 aromatic rings. The van der Waals surface area contributed by atoms with Crippen molar-refractivity contribution in [2.75, 3.05) is 5.32 Å². The quantitative estimate of drug-likeness (QED) is 0.823. The van der Waals surface area contributed by atoms with Crippen LogP contribution in [0.5, 0.6) is 0 Å². The van der Waals surface area contributed by atoms with Crippen LogP contribution < -0.4 is 10.6 Å². The van der Waals surface area contributed by atoms with Crippen molar-refractivity contribution in [3.05, 3.63) is 29.8 Å². The van der Waals surface area contributed by atoms with Crippen LogP contribution >= 0.6 is 0 Å². The molecule has 1 fully saturated rings. The Morgan fingerprint density at radius 3 is 2.29 bits per heavy atom. The van der Waals surface area contributed by atoms with Crippen LogP contribution in [0.25, 0.3) is 0 Å². The molecule has 1 atom stereocenters. The molecule has 0 spiro atoms. The van der Waals surface area contributed by atoms with Gasteiger partial charge >= 0.3 is 6.03 Å². The second-order valence-corrected chi connectivity index (χ2v) is 5.92. The van der Waals surface area contributed by atoms with Gasteiger partial charge in [0.25, 0.3) is 0 Å². The first kappa shape index (κ1) is 15.5. The van der Waals surface area contributed by atoms with Crippen LogP contribution in [0.15, 0.2) is 24.3 Å². The Morgan fingerprint density at radius 1 is 1.10 bits per heavy atom. The average Bonchev–Trinajstić information content (AvgIpc) is 2.48. The van der Waals surface area contributed by atoms with E-state index >= 15 is 0 Å². The zero-order valence-electron chi connectivity index (χ0n) is 12.8. The van der Waals surface area contributed by atoms with Crippen molar-refractivity contribution < 1.29 is 9.59 Å². The van der Waals surface area contributed by atoms with Crippen molar-refractivity contribution in [1.29, 1.82) is 0 Å². The summed E-state index contributed by atoms with van der Waals surface area (Å²) in [6, 6.07) is 6.97. The lowest BCUT2D eigenvalue weighted by atomic mass is 9.85. The summed E-state index contributed by atoms with van der Waals surface area (Å²) in [5.41, 5.74) is 1.35. The minimum atomic E-state index is -0.177. The van der Waals surface area contributed by atoms with Gasteiger partial charge in [-0.25, -0.2) is 4.79 Å². The summed E-state index contributed by atoms with van der Waals surface area (Å²) in [7, 11) is 0. The van der Waals surface area contributed by atoms with Gasteiger partial charge in [-0.3, -0.25) is 4.79 Å².